The number of benzene rings is 2. The van der Waals surface area contributed by atoms with E-state index in [0.717, 1.165) is 35.4 Å². The first-order valence-corrected chi connectivity index (χ1v) is 8.92. The second kappa shape index (κ2) is 7.60. The summed E-state index contributed by atoms with van der Waals surface area (Å²) in [6, 6.07) is 14.4. The van der Waals surface area contributed by atoms with E-state index in [4.69, 9.17) is 4.74 Å². The zero-order valence-electron chi connectivity index (χ0n) is 15.2. The van der Waals surface area contributed by atoms with Crippen LogP contribution >= 0.6 is 0 Å². The average molecular weight is 338 g/mol. The van der Waals surface area contributed by atoms with Crippen LogP contribution in [0, 0.1) is 13.8 Å². The first kappa shape index (κ1) is 17.3. The Bertz CT molecular complexity index is 737. The summed E-state index contributed by atoms with van der Waals surface area (Å²) in [5.74, 6) is 0.955. The molecule has 0 bridgehead atoms. The number of fused-ring (bicyclic) bond motifs is 1. The summed E-state index contributed by atoms with van der Waals surface area (Å²) in [5.41, 5.74) is 4.56. The van der Waals surface area contributed by atoms with Gasteiger partial charge >= 0.3 is 6.03 Å². The summed E-state index contributed by atoms with van der Waals surface area (Å²) in [4.78, 5) is 14.4. The predicted octanol–water partition coefficient (Wildman–Crippen LogP) is 4.23. The number of carbonyl (C=O) groups is 1. The molecule has 0 spiro atoms. The van der Waals surface area contributed by atoms with Crippen molar-refractivity contribution in [3.8, 4) is 5.75 Å². The molecule has 132 valence electrons. The standard InChI is InChI=1S/C21H26N2O2/c1-15-8-6-9-16(2)20(15)25-13-7-12-22-21(24)23-17(3)14-18-10-4-5-11-19(18)23/h4-6,8-11,17H,7,12-14H2,1-3H3,(H,22,24). The molecule has 2 aromatic carbocycles. The quantitative estimate of drug-likeness (QED) is 0.829. The van der Waals surface area contributed by atoms with E-state index in [1.165, 1.54) is 5.56 Å². The number of urea groups is 1. The summed E-state index contributed by atoms with van der Waals surface area (Å²) in [6.45, 7) is 7.39. The molecule has 1 N–H and O–H groups in total. The van der Waals surface area contributed by atoms with Gasteiger partial charge in [0.05, 0.1) is 6.61 Å². The molecule has 2 aromatic rings. The van der Waals surface area contributed by atoms with Gasteiger partial charge in [-0.05, 0) is 56.4 Å². The van der Waals surface area contributed by atoms with Crippen molar-refractivity contribution < 1.29 is 9.53 Å². The van der Waals surface area contributed by atoms with Crippen molar-refractivity contribution in [2.75, 3.05) is 18.1 Å². The van der Waals surface area contributed by atoms with Crippen molar-refractivity contribution in [3.63, 3.8) is 0 Å². The fourth-order valence-corrected chi connectivity index (χ4v) is 3.43. The second-order valence-corrected chi connectivity index (χ2v) is 6.71. The van der Waals surface area contributed by atoms with Gasteiger partial charge in [-0.15, -0.1) is 0 Å². The molecule has 25 heavy (non-hydrogen) atoms. The maximum absolute atomic E-state index is 12.5. The van der Waals surface area contributed by atoms with E-state index >= 15 is 0 Å². The van der Waals surface area contributed by atoms with Gasteiger partial charge in [-0.3, -0.25) is 4.90 Å². The summed E-state index contributed by atoms with van der Waals surface area (Å²) >= 11 is 0. The number of amides is 2. The third-order valence-corrected chi connectivity index (χ3v) is 4.68. The lowest BCUT2D eigenvalue weighted by molar-refractivity contribution is 0.243. The number of aryl methyl sites for hydroxylation is 2. The van der Waals surface area contributed by atoms with E-state index in [-0.39, 0.29) is 12.1 Å². The number of para-hydroxylation sites is 2. The first-order valence-electron chi connectivity index (χ1n) is 8.92. The van der Waals surface area contributed by atoms with Crippen molar-refractivity contribution in [2.24, 2.45) is 0 Å². The van der Waals surface area contributed by atoms with Crippen LogP contribution in [0.2, 0.25) is 0 Å². The molecule has 0 fully saturated rings. The Morgan fingerprint density at radius 1 is 1.16 bits per heavy atom. The van der Waals surface area contributed by atoms with E-state index in [2.05, 4.69) is 44.3 Å². The van der Waals surface area contributed by atoms with Crippen LogP contribution in [0.3, 0.4) is 0 Å². The van der Waals surface area contributed by atoms with Crippen molar-refractivity contribution in [3.05, 3.63) is 59.2 Å². The average Bonchev–Trinajstić information content (AvgIpc) is 2.92. The maximum Gasteiger partial charge on any atom is 0.322 e. The SMILES string of the molecule is Cc1cccc(C)c1OCCCNC(=O)N1c2ccccc2CC1C. The number of anilines is 1. The molecule has 0 aliphatic carbocycles. The predicted molar refractivity (Wildman–Crippen MR) is 102 cm³/mol. The molecule has 0 radical (unpaired) electrons. The zero-order valence-corrected chi connectivity index (χ0v) is 15.2. The van der Waals surface area contributed by atoms with Crippen LogP contribution in [0.4, 0.5) is 10.5 Å². The van der Waals surface area contributed by atoms with E-state index in [9.17, 15) is 4.79 Å². The van der Waals surface area contributed by atoms with Crippen LogP contribution in [0.25, 0.3) is 0 Å². The summed E-state index contributed by atoms with van der Waals surface area (Å²) in [7, 11) is 0. The monoisotopic (exact) mass is 338 g/mol. The van der Waals surface area contributed by atoms with Gasteiger partial charge in [0, 0.05) is 18.3 Å². The number of ether oxygens (including phenoxy) is 1. The van der Waals surface area contributed by atoms with E-state index in [1.54, 1.807) is 0 Å². The smallest absolute Gasteiger partial charge is 0.322 e. The molecule has 1 unspecified atom stereocenters. The Hall–Kier alpha value is -2.49. The Balaban J connectivity index is 1.47. The van der Waals surface area contributed by atoms with Crippen LogP contribution in [-0.2, 0) is 6.42 Å². The molecular weight excluding hydrogens is 312 g/mol. The van der Waals surface area contributed by atoms with Crippen LogP contribution in [0.1, 0.15) is 30.0 Å². The summed E-state index contributed by atoms with van der Waals surface area (Å²) in [5, 5.41) is 3.02. The molecule has 0 saturated heterocycles. The number of hydrogen-bond donors (Lipinski definition) is 1. The highest BCUT2D eigenvalue weighted by molar-refractivity contribution is 5.94. The summed E-state index contributed by atoms with van der Waals surface area (Å²) < 4.78 is 5.89. The highest BCUT2D eigenvalue weighted by Gasteiger charge is 2.30. The van der Waals surface area contributed by atoms with Crippen LogP contribution in [0.5, 0.6) is 5.75 Å². The van der Waals surface area contributed by atoms with Gasteiger partial charge in [0.25, 0.3) is 0 Å². The molecule has 0 saturated carbocycles. The number of nitrogens with one attached hydrogen (secondary N) is 1. The number of carbonyl (C=O) groups excluding carboxylic acids is 1. The minimum atomic E-state index is -0.0236. The van der Waals surface area contributed by atoms with Gasteiger partial charge in [0.1, 0.15) is 5.75 Å². The first-order chi connectivity index (χ1) is 12.1. The topological polar surface area (TPSA) is 41.6 Å². The molecule has 4 nitrogen and oxygen atoms in total. The Labute approximate surface area is 149 Å². The lowest BCUT2D eigenvalue weighted by atomic mass is 10.1. The number of nitrogens with zero attached hydrogens (tertiary/aromatic N) is 1. The van der Waals surface area contributed by atoms with Gasteiger partial charge in [0.15, 0.2) is 0 Å². The Kier molecular flexibility index (Phi) is 5.27. The van der Waals surface area contributed by atoms with Crippen molar-refractivity contribution in [2.45, 2.75) is 39.7 Å². The van der Waals surface area contributed by atoms with Crippen molar-refractivity contribution in [1.29, 1.82) is 0 Å². The van der Waals surface area contributed by atoms with Crippen LogP contribution in [-0.4, -0.2) is 25.2 Å². The second-order valence-electron chi connectivity index (χ2n) is 6.71. The molecule has 1 aliphatic heterocycles. The highest BCUT2D eigenvalue weighted by Crippen LogP contribution is 2.31. The minimum absolute atomic E-state index is 0.0236. The summed E-state index contributed by atoms with van der Waals surface area (Å²) in [6.07, 6.45) is 1.70. The van der Waals surface area contributed by atoms with E-state index in [0.29, 0.717) is 13.2 Å². The molecule has 2 amide bonds. The number of rotatable bonds is 5. The van der Waals surface area contributed by atoms with Gasteiger partial charge in [-0.2, -0.15) is 0 Å². The van der Waals surface area contributed by atoms with Gasteiger partial charge in [-0.25, -0.2) is 4.79 Å². The van der Waals surface area contributed by atoms with Crippen molar-refractivity contribution >= 4 is 11.7 Å². The fourth-order valence-electron chi connectivity index (χ4n) is 3.43. The molecule has 1 atom stereocenters. The molecule has 4 heteroatoms. The zero-order chi connectivity index (χ0) is 17.8. The molecule has 0 aromatic heterocycles. The largest absolute Gasteiger partial charge is 0.493 e. The number of hydrogen-bond acceptors (Lipinski definition) is 2. The van der Waals surface area contributed by atoms with Gasteiger partial charge in [-0.1, -0.05) is 36.4 Å². The highest BCUT2D eigenvalue weighted by atomic mass is 16.5. The fraction of sp³-hybridized carbons (Fsp3) is 0.381. The molecular formula is C21H26N2O2. The lowest BCUT2D eigenvalue weighted by Crippen LogP contribution is -2.43. The Morgan fingerprint density at radius 2 is 1.88 bits per heavy atom. The van der Waals surface area contributed by atoms with Crippen LogP contribution in [0.15, 0.2) is 42.5 Å². The molecule has 1 heterocycles. The van der Waals surface area contributed by atoms with Crippen molar-refractivity contribution in [1.82, 2.24) is 5.32 Å². The maximum atomic E-state index is 12.5. The normalized spacial score (nSPS) is 15.8. The Morgan fingerprint density at radius 3 is 2.64 bits per heavy atom. The third-order valence-electron chi connectivity index (χ3n) is 4.68. The van der Waals surface area contributed by atoms with E-state index in [1.807, 2.05) is 29.2 Å². The lowest BCUT2D eigenvalue weighted by Gasteiger charge is -2.23. The molecule has 1 aliphatic rings. The molecule has 3 rings (SSSR count). The van der Waals surface area contributed by atoms with Gasteiger partial charge in [0.2, 0.25) is 0 Å². The van der Waals surface area contributed by atoms with E-state index < -0.39 is 0 Å². The van der Waals surface area contributed by atoms with Gasteiger partial charge < -0.3 is 10.1 Å². The van der Waals surface area contributed by atoms with Crippen LogP contribution < -0.4 is 15.0 Å². The third kappa shape index (κ3) is 3.78. The minimum Gasteiger partial charge on any atom is -0.493 e.